The van der Waals surface area contributed by atoms with Crippen molar-refractivity contribution < 1.29 is 19.2 Å². The number of nitrogens with zero attached hydrogens (tertiary/aromatic N) is 1. The lowest BCUT2D eigenvalue weighted by molar-refractivity contribution is -0.384. The number of nitro groups is 1. The molecule has 8 nitrogen and oxygen atoms in total. The average Bonchev–Trinajstić information content (AvgIpc) is 2.53. The van der Waals surface area contributed by atoms with Gasteiger partial charge in [-0.2, -0.15) is 0 Å². The van der Waals surface area contributed by atoms with Gasteiger partial charge in [0.1, 0.15) is 5.69 Å². The van der Waals surface area contributed by atoms with Crippen molar-refractivity contribution in [2.24, 2.45) is 0 Å². The SMILES string of the molecule is COCCOCCCNc1ccc(C(=O)NC(C)C)cc1[N+](=O)[O-]. The summed E-state index contributed by atoms with van der Waals surface area (Å²) in [5.41, 5.74) is 0.536. The Morgan fingerprint density at radius 2 is 2.04 bits per heavy atom. The van der Waals surface area contributed by atoms with Gasteiger partial charge in [-0.25, -0.2) is 0 Å². The van der Waals surface area contributed by atoms with E-state index in [4.69, 9.17) is 9.47 Å². The second kappa shape index (κ2) is 10.6. The van der Waals surface area contributed by atoms with E-state index in [2.05, 4.69) is 10.6 Å². The first-order valence-electron chi connectivity index (χ1n) is 7.85. The van der Waals surface area contributed by atoms with Crippen LogP contribution in [0.5, 0.6) is 0 Å². The van der Waals surface area contributed by atoms with Crippen molar-refractivity contribution in [2.45, 2.75) is 26.3 Å². The molecule has 1 amide bonds. The highest BCUT2D eigenvalue weighted by molar-refractivity contribution is 5.95. The summed E-state index contributed by atoms with van der Waals surface area (Å²) in [6, 6.07) is 4.38. The molecule has 0 bridgehead atoms. The van der Waals surface area contributed by atoms with E-state index in [9.17, 15) is 14.9 Å². The van der Waals surface area contributed by atoms with Gasteiger partial charge in [0.15, 0.2) is 0 Å². The number of hydrogen-bond acceptors (Lipinski definition) is 6. The molecular weight excluding hydrogens is 314 g/mol. The number of carbonyl (C=O) groups excluding carboxylic acids is 1. The number of hydrogen-bond donors (Lipinski definition) is 2. The molecule has 8 heteroatoms. The Balaban J connectivity index is 2.61. The van der Waals surface area contributed by atoms with Crippen LogP contribution < -0.4 is 10.6 Å². The first-order chi connectivity index (χ1) is 11.5. The molecule has 24 heavy (non-hydrogen) atoms. The van der Waals surface area contributed by atoms with Gasteiger partial charge in [0.25, 0.3) is 11.6 Å². The Morgan fingerprint density at radius 3 is 2.67 bits per heavy atom. The van der Waals surface area contributed by atoms with Crippen molar-refractivity contribution in [3.8, 4) is 0 Å². The maximum atomic E-state index is 11.9. The molecule has 0 spiro atoms. The highest BCUT2D eigenvalue weighted by Gasteiger charge is 2.17. The number of methoxy groups -OCH3 is 1. The number of benzene rings is 1. The molecule has 0 atom stereocenters. The van der Waals surface area contributed by atoms with E-state index in [-0.39, 0.29) is 23.2 Å². The highest BCUT2D eigenvalue weighted by Crippen LogP contribution is 2.25. The Bertz CT molecular complexity index is 549. The molecule has 0 aliphatic rings. The van der Waals surface area contributed by atoms with Gasteiger partial charge in [0.05, 0.1) is 18.1 Å². The molecular formula is C16H25N3O5. The molecule has 0 fully saturated rings. The number of anilines is 1. The third kappa shape index (κ3) is 6.93. The molecule has 0 aliphatic carbocycles. The zero-order valence-electron chi connectivity index (χ0n) is 14.3. The third-order valence-corrected chi connectivity index (χ3v) is 3.09. The molecule has 0 saturated carbocycles. The van der Waals surface area contributed by atoms with Crippen molar-refractivity contribution in [2.75, 3.05) is 38.8 Å². The zero-order valence-corrected chi connectivity index (χ0v) is 14.3. The van der Waals surface area contributed by atoms with Crippen LogP contribution in [0.3, 0.4) is 0 Å². The van der Waals surface area contributed by atoms with Crippen molar-refractivity contribution >= 4 is 17.3 Å². The van der Waals surface area contributed by atoms with E-state index in [0.717, 1.165) is 0 Å². The topological polar surface area (TPSA) is 103 Å². The first-order valence-corrected chi connectivity index (χ1v) is 7.85. The smallest absolute Gasteiger partial charge is 0.293 e. The van der Waals surface area contributed by atoms with Gasteiger partial charge in [-0.05, 0) is 32.4 Å². The number of amides is 1. The molecule has 0 radical (unpaired) electrons. The van der Waals surface area contributed by atoms with Crippen LogP contribution in [0.15, 0.2) is 18.2 Å². The summed E-state index contributed by atoms with van der Waals surface area (Å²) in [5, 5.41) is 16.9. The van der Waals surface area contributed by atoms with Crippen LogP contribution in [0.2, 0.25) is 0 Å². The summed E-state index contributed by atoms with van der Waals surface area (Å²) < 4.78 is 10.2. The Labute approximate surface area is 141 Å². The molecule has 134 valence electrons. The largest absolute Gasteiger partial charge is 0.382 e. The predicted molar refractivity (Wildman–Crippen MR) is 91.5 cm³/mol. The fraction of sp³-hybridized carbons (Fsp3) is 0.562. The average molecular weight is 339 g/mol. The van der Waals surface area contributed by atoms with Crippen LogP contribution in [-0.4, -0.2) is 50.3 Å². The summed E-state index contributed by atoms with van der Waals surface area (Å²) in [6.45, 7) is 5.80. The third-order valence-electron chi connectivity index (χ3n) is 3.09. The number of ether oxygens (including phenoxy) is 2. The minimum atomic E-state index is -0.496. The quantitative estimate of drug-likeness (QED) is 0.364. The zero-order chi connectivity index (χ0) is 17.9. The predicted octanol–water partition coefficient (Wildman–Crippen LogP) is 2.20. The van der Waals surface area contributed by atoms with Crippen molar-refractivity contribution in [1.29, 1.82) is 0 Å². The fourth-order valence-electron chi connectivity index (χ4n) is 1.96. The van der Waals surface area contributed by atoms with E-state index in [0.29, 0.717) is 38.5 Å². The molecule has 1 rings (SSSR count). The van der Waals surface area contributed by atoms with Crippen LogP contribution in [0.1, 0.15) is 30.6 Å². The van der Waals surface area contributed by atoms with Crippen LogP contribution >= 0.6 is 0 Å². The van der Waals surface area contributed by atoms with E-state index >= 15 is 0 Å². The summed E-state index contributed by atoms with van der Waals surface area (Å²) in [5.74, 6) is -0.328. The monoisotopic (exact) mass is 339 g/mol. The number of rotatable bonds is 11. The normalized spacial score (nSPS) is 10.7. The fourth-order valence-corrected chi connectivity index (χ4v) is 1.96. The summed E-state index contributed by atoms with van der Waals surface area (Å²) in [7, 11) is 1.61. The maximum Gasteiger partial charge on any atom is 0.293 e. The standard InChI is InChI=1S/C16H25N3O5/c1-12(2)18-16(20)13-5-6-14(15(11-13)19(21)22)17-7-4-8-24-10-9-23-3/h5-6,11-12,17H,4,7-10H2,1-3H3,(H,18,20). The van der Waals surface area contributed by atoms with Crippen molar-refractivity contribution in [1.82, 2.24) is 5.32 Å². The van der Waals surface area contributed by atoms with Crippen LogP contribution in [0.4, 0.5) is 11.4 Å². The molecule has 0 heterocycles. The molecule has 0 unspecified atom stereocenters. The summed E-state index contributed by atoms with van der Waals surface area (Å²) in [4.78, 5) is 22.7. The van der Waals surface area contributed by atoms with Crippen molar-refractivity contribution in [3.63, 3.8) is 0 Å². The molecule has 0 saturated heterocycles. The summed E-state index contributed by atoms with van der Waals surface area (Å²) in [6.07, 6.45) is 0.705. The second-order valence-electron chi connectivity index (χ2n) is 5.50. The Hall–Kier alpha value is -2.19. The van der Waals surface area contributed by atoms with Gasteiger partial charge in [0.2, 0.25) is 0 Å². The maximum absolute atomic E-state index is 11.9. The lowest BCUT2D eigenvalue weighted by Gasteiger charge is -2.11. The van der Waals surface area contributed by atoms with E-state index in [1.165, 1.54) is 6.07 Å². The minimum Gasteiger partial charge on any atom is -0.382 e. The highest BCUT2D eigenvalue weighted by atomic mass is 16.6. The second-order valence-corrected chi connectivity index (χ2v) is 5.50. The molecule has 1 aromatic carbocycles. The van der Waals surface area contributed by atoms with Crippen molar-refractivity contribution in [3.05, 3.63) is 33.9 Å². The van der Waals surface area contributed by atoms with E-state index < -0.39 is 4.92 Å². The molecule has 0 aliphatic heterocycles. The number of carbonyl (C=O) groups is 1. The lowest BCUT2D eigenvalue weighted by atomic mass is 10.1. The van der Waals surface area contributed by atoms with Crippen LogP contribution in [-0.2, 0) is 9.47 Å². The lowest BCUT2D eigenvalue weighted by Crippen LogP contribution is -2.30. The number of nitro benzene ring substituents is 1. The Morgan fingerprint density at radius 1 is 1.29 bits per heavy atom. The van der Waals surface area contributed by atoms with Gasteiger partial charge in [-0.1, -0.05) is 0 Å². The minimum absolute atomic E-state index is 0.0348. The van der Waals surface area contributed by atoms with Crippen LogP contribution in [0, 0.1) is 10.1 Å². The van der Waals surface area contributed by atoms with E-state index in [1.54, 1.807) is 19.2 Å². The van der Waals surface area contributed by atoms with Crippen LogP contribution in [0.25, 0.3) is 0 Å². The summed E-state index contributed by atoms with van der Waals surface area (Å²) >= 11 is 0. The molecule has 0 aromatic heterocycles. The number of nitrogens with one attached hydrogen (secondary N) is 2. The van der Waals surface area contributed by atoms with Gasteiger partial charge in [-0.15, -0.1) is 0 Å². The molecule has 2 N–H and O–H groups in total. The van der Waals surface area contributed by atoms with Gasteiger partial charge in [0, 0.05) is 37.9 Å². The van der Waals surface area contributed by atoms with E-state index in [1.807, 2.05) is 13.8 Å². The Kier molecular flexibility index (Phi) is 8.74. The first kappa shape index (κ1) is 19.9. The van der Waals surface area contributed by atoms with Gasteiger partial charge >= 0.3 is 0 Å². The molecule has 1 aromatic rings. The van der Waals surface area contributed by atoms with Gasteiger partial charge in [-0.3, -0.25) is 14.9 Å². The van der Waals surface area contributed by atoms with Gasteiger partial charge < -0.3 is 20.1 Å².